The summed E-state index contributed by atoms with van der Waals surface area (Å²) in [5.41, 5.74) is -5.90. The molecule has 0 aromatic carbocycles. The number of carbonyl (C=O) groups is 1. The summed E-state index contributed by atoms with van der Waals surface area (Å²) in [6.07, 6.45) is -12.1. The van der Waals surface area contributed by atoms with E-state index in [4.69, 9.17) is 5.11 Å². The Kier molecular flexibility index (Phi) is 5.19. The van der Waals surface area contributed by atoms with Gasteiger partial charge in [0.25, 0.3) is 0 Å². The lowest BCUT2D eigenvalue weighted by atomic mass is 9.79. The van der Waals surface area contributed by atoms with Crippen molar-refractivity contribution in [3.05, 3.63) is 0 Å². The lowest BCUT2D eigenvalue weighted by Gasteiger charge is -2.39. The highest BCUT2D eigenvalue weighted by molar-refractivity contribution is 5.75. The van der Waals surface area contributed by atoms with Gasteiger partial charge in [-0.3, -0.25) is 4.79 Å². The van der Waals surface area contributed by atoms with Crippen LogP contribution in [0.5, 0.6) is 0 Å². The monoisotopic (exact) mass is 388 g/mol. The van der Waals surface area contributed by atoms with E-state index in [1.807, 2.05) is 0 Å². The van der Waals surface area contributed by atoms with Crippen molar-refractivity contribution >= 4 is 5.97 Å². The predicted molar refractivity (Wildman–Crippen MR) is 65.4 cm³/mol. The third kappa shape index (κ3) is 3.07. The average Bonchev–Trinajstić information content (AvgIpc) is 2.64. The number of hydrogen-bond acceptors (Lipinski definition) is 4. The largest absolute Gasteiger partial charge is 0.464 e. The van der Waals surface area contributed by atoms with Gasteiger partial charge in [0.05, 0.1) is 12.0 Å². The molecule has 0 bridgehead atoms. The second-order valence-corrected chi connectivity index (χ2v) is 6.40. The molecule has 1 rings (SSSR count). The van der Waals surface area contributed by atoms with Gasteiger partial charge in [-0.25, -0.2) is 0 Å². The summed E-state index contributed by atoms with van der Waals surface area (Å²) in [6, 6.07) is 0. The van der Waals surface area contributed by atoms with E-state index < -0.39 is 54.1 Å². The fourth-order valence-corrected chi connectivity index (χ4v) is 2.00. The van der Waals surface area contributed by atoms with E-state index in [-0.39, 0.29) is 6.42 Å². The maximum absolute atomic E-state index is 14.1. The van der Waals surface area contributed by atoms with Crippen molar-refractivity contribution < 1.29 is 54.5 Å². The molecule has 12 heteroatoms. The van der Waals surface area contributed by atoms with Crippen LogP contribution in [0.3, 0.4) is 0 Å². The number of halogens is 8. The smallest absolute Gasteiger partial charge is 0.449 e. The fraction of sp³-hybridized carbons (Fsp3) is 0.923. The van der Waals surface area contributed by atoms with Crippen molar-refractivity contribution in [2.45, 2.75) is 51.3 Å². The fourth-order valence-electron chi connectivity index (χ4n) is 2.00. The van der Waals surface area contributed by atoms with Gasteiger partial charge in [-0.1, -0.05) is 6.92 Å². The molecule has 148 valence electrons. The first-order valence-corrected chi connectivity index (χ1v) is 6.94. The number of aliphatic hydroxyl groups is 1. The Morgan fingerprint density at radius 2 is 1.60 bits per heavy atom. The van der Waals surface area contributed by atoms with E-state index in [9.17, 15) is 39.9 Å². The molecular weight excluding hydrogens is 372 g/mol. The summed E-state index contributed by atoms with van der Waals surface area (Å²) in [4.78, 5) is 11.7. The molecule has 0 aliphatic carbocycles. The summed E-state index contributed by atoms with van der Waals surface area (Å²) < 4.78 is 114. The van der Waals surface area contributed by atoms with Crippen LogP contribution in [0.25, 0.3) is 0 Å². The van der Waals surface area contributed by atoms with Crippen LogP contribution in [0.4, 0.5) is 35.1 Å². The predicted octanol–water partition coefficient (Wildman–Crippen LogP) is 3.43. The van der Waals surface area contributed by atoms with Gasteiger partial charge in [0.15, 0.2) is 5.41 Å². The second-order valence-electron chi connectivity index (χ2n) is 6.40. The highest BCUT2D eigenvalue weighted by atomic mass is 19.4. The number of ether oxygens (including phenoxy) is 2. The average molecular weight is 388 g/mol. The molecular formula is C13H16F8O4. The lowest BCUT2D eigenvalue weighted by Crippen LogP contribution is -2.65. The molecule has 0 radical (unpaired) electrons. The van der Waals surface area contributed by atoms with Crippen molar-refractivity contribution in [3.8, 4) is 0 Å². The first-order valence-electron chi connectivity index (χ1n) is 6.94. The standard InChI is InChI=1S/C13H16F8O4/c1-4-8(2,3)7(22)24-5-9(12(16,17)18)6-25-11(23,10(9,14)15)13(19,20)21/h23H,4-6H2,1-3H3. The SMILES string of the molecule is CCC(C)(C)C(=O)OCC1(C(F)(F)F)COC(O)(C(F)(F)F)C1(F)F. The van der Waals surface area contributed by atoms with Gasteiger partial charge in [-0.2, -0.15) is 35.1 Å². The topological polar surface area (TPSA) is 55.8 Å². The zero-order chi connectivity index (χ0) is 20.1. The molecule has 0 aromatic rings. The zero-order valence-corrected chi connectivity index (χ0v) is 13.3. The number of hydrogen-bond donors (Lipinski definition) is 1. The number of carbonyl (C=O) groups excluding carboxylic acids is 1. The zero-order valence-electron chi connectivity index (χ0n) is 13.3. The van der Waals surface area contributed by atoms with Crippen LogP contribution in [0, 0.1) is 10.8 Å². The Hall–Kier alpha value is -1.17. The molecule has 1 fully saturated rings. The Labute approximate surface area is 137 Å². The molecule has 1 aliphatic rings. The van der Waals surface area contributed by atoms with E-state index in [0.29, 0.717) is 0 Å². The van der Waals surface area contributed by atoms with E-state index in [1.54, 1.807) is 0 Å². The first kappa shape index (κ1) is 21.9. The lowest BCUT2D eigenvalue weighted by molar-refractivity contribution is -0.418. The Bertz CT molecular complexity index is 527. The Balaban J connectivity index is 3.30. The quantitative estimate of drug-likeness (QED) is 0.592. The van der Waals surface area contributed by atoms with Crippen molar-refractivity contribution in [3.63, 3.8) is 0 Å². The summed E-state index contributed by atoms with van der Waals surface area (Å²) in [5, 5.41) is 9.09. The minimum atomic E-state index is -6.21. The van der Waals surface area contributed by atoms with Gasteiger partial charge < -0.3 is 14.6 Å². The van der Waals surface area contributed by atoms with Gasteiger partial charge in [-0.15, -0.1) is 0 Å². The minimum Gasteiger partial charge on any atom is -0.464 e. The molecule has 1 N–H and O–H groups in total. The number of alkyl halides is 8. The molecule has 2 atom stereocenters. The first-order chi connectivity index (χ1) is 10.9. The Morgan fingerprint density at radius 3 is 1.92 bits per heavy atom. The molecule has 1 saturated heterocycles. The normalized spacial score (nSPS) is 30.4. The van der Waals surface area contributed by atoms with Crippen LogP contribution >= 0.6 is 0 Å². The van der Waals surface area contributed by atoms with E-state index in [2.05, 4.69) is 9.47 Å². The summed E-state index contributed by atoms with van der Waals surface area (Å²) >= 11 is 0. The molecule has 0 aromatic heterocycles. The molecule has 0 saturated carbocycles. The maximum Gasteiger partial charge on any atom is 0.449 e. The van der Waals surface area contributed by atoms with E-state index >= 15 is 0 Å². The highest BCUT2D eigenvalue weighted by Crippen LogP contribution is 2.62. The molecule has 1 aliphatic heterocycles. The van der Waals surface area contributed by atoms with Gasteiger partial charge in [-0.05, 0) is 20.3 Å². The van der Waals surface area contributed by atoms with Crippen molar-refractivity contribution in [1.82, 2.24) is 0 Å². The molecule has 2 unspecified atom stereocenters. The van der Waals surface area contributed by atoms with Crippen LogP contribution in [-0.4, -0.2) is 48.4 Å². The minimum absolute atomic E-state index is 0.0736. The number of esters is 1. The van der Waals surface area contributed by atoms with E-state index in [0.717, 1.165) is 0 Å². The molecule has 0 spiro atoms. The van der Waals surface area contributed by atoms with Crippen LogP contribution < -0.4 is 0 Å². The van der Waals surface area contributed by atoms with Gasteiger partial charge in [0.2, 0.25) is 0 Å². The molecule has 4 nitrogen and oxygen atoms in total. The maximum atomic E-state index is 14.1. The Morgan fingerprint density at radius 1 is 1.12 bits per heavy atom. The van der Waals surface area contributed by atoms with Crippen LogP contribution in [-0.2, 0) is 14.3 Å². The molecule has 1 heterocycles. The van der Waals surface area contributed by atoms with Crippen molar-refractivity contribution in [1.29, 1.82) is 0 Å². The molecule has 25 heavy (non-hydrogen) atoms. The van der Waals surface area contributed by atoms with Crippen molar-refractivity contribution in [2.24, 2.45) is 10.8 Å². The van der Waals surface area contributed by atoms with Gasteiger partial charge in [0.1, 0.15) is 6.61 Å². The third-order valence-electron chi connectivity index (χ3n) is 4.37. The van der Waals surface area contributed by atoms with Crippen LogP contribution in [0.15, 0.2) is 0 Å². The highest BCUT2D eigenvalue weighted by Gasteiger charge is 2.88. The summed E-state index contributed by atoms with van der Waals surface area (Å²) in [7, 11) is 0. The van der Waals surface area contributed by atoms with Crippen molar-refractivity contribution in [2.75, 3.05) is 13.2 Å². The molecule has 0 amide bonds. The third-order valence-corrected chi connectivity index (χ3v) is 4.37. The number of rotatable bonds is 4. The summed E-state index contributed by atoms with van der Waals surface area (Å²) in [5.74, 6) is -12.5. The van der Waals surface area contributed by atoms with Gasteiger partial charge in [0, 0.05) is 0 Å². The van der Waals surface area contributed by atoms with Crippen LogP contribution in [0.1, 0.15) is 27.2 Å². The van der Waals surface area contributed by atoms with Crippen LogP contribution in [0.2, 0.25) is 0 Å². The van der Waals surface area contributed by atoms with E-state index in [1.165, 1.54) is 20.8 Å². The summed E-state index contributed by atoms with van der Waals surface area (Å²) in [6.45, 7) is -0.393. The second kappa shape index (κ2) is 5.93. The van der Waals surface area contributed by atoms with Gasteiger partial charge >= 0.3 is 30.0 Å².